The van der Waals surface area contributed by atoms with Crippen molar-refractivity contribution in [3.63, 3.8) is 0 Å². The van der Waals surface area contributed by atoms with E-state index in [-0.39, 0.29) is 11.7 Å². The van der Waals surface area contributed by atoms with Gasteiger partial charge in [0.2, 0.25) is 5.91 Å². The maximum atomic E-state index is 12.3. The van der Waals surface area contributed by atoms with Gasteiger partial charge in [0.25, 0.3) is 0 Å². The molecule has 0 aromatic heterocycles. The molecule has 0 aliphatic carbocycles. The van der Waals surface area contributed by atoms with Gasteiger partial charge in [0.15, 0.2) is 9.84 Å². The molecule has 1 amide bonds. The quantitative estimate of drug-likeness (QED) is 0.830. The summed E-state index contributed by atoms with van der Waals surface area (Å²) < 4.78 is 24.6. The summed E-state index contributed by atoms with van der Waals surface area (Å²) in [4.78, 5) is 13.4. The summed E-state index contributed by atoms with van der Waals surface area (Å²) in [6.07, 6.45) is 0.911. The molecule has 0 N–H and O–H groups in total. The Hall–Kier alpha value is -1.36. The normalized spacial score (nSPS) is 22.8. The molecule has 4 nitrogen and oxygen atoms in total. The van der Waals surface area contributed by atoms with Crippen LogP contribution < -0.4 is 0 Å². The molecule has 1 aromatic carbocycles. The zero-order chi connectivity index (χ0) is 13.9. The van der Waals surface area contributed by atoms with Crippen molar-refractivity contribution in [2.75, 3.05) is 18.8 Å². The zero-order valence-corrected chi connectivity index (χ0v) is 11.9. The van der Waals surface area contributed by atoms with Gasteiger partial charge in [-0.1, -0.05) is 37.3 Å². The summed E-state index contributed by atoms with van der Waals surface area (Å²) in [5, 5.41) is -0.483. The Kier molecular flexibility index (Phi) is 4.24. The van der Waals surface area contributed by atoms with Gasteiger partial charge in [-0.3, -0.25) is 4.79 Å². The molecule has 1 aliphatic rings. The number of sulfone groups is 1. The lowest BCUT2D eigenvalue weighted by Gasteiger charge is -2.19. The number of hydrogen-bond donors (Lipinski definition) is 0. The third-order valence-electron chi connectivity index (χ3n) is 3.57. The second-order valence-electron chi connectivity index (χ2n) is 4.79. The van der Waals surface area contributed by atoms with Crippen molar-refractivity contribution in [3.05, 3.63) is 35.9 Å². The summed E-state index contributed by atoms with van der Waals surface area (Å²) in [5.41, 5.74) is 0.827. The summed E-state index contributed by atoms with van der Waals surface area (Å²) in [6, 6.07) is 9.27. The number of carbonyl (C=O) groups excluding carboxylic acids is 1. The van der Waals surface area contributed by atoms with Crippen molar-refractivity contribution in [1.29, 1.82) is 0 Å². The Labute approximate surface area is 114 Å². The van der Waals surface area contributed by atoms with Crippen molar-refractivity contribution in [2.45, 2.75) is 25.0 Å². The molecule has 0 saturated carbocycles. The first-order valence-corrected chi connectivity index (χ1v) is 8.30. The Morgan fingerprint density at radius 1 is 1.26 bits per heavy atom. The highest BCUT2D eigenvalue weighted by Crippen LogP contribution is 2.29. The Morgan fingerprint density at radius 2 is 1.95 bits per heavy atom. The smallest absolute Gasteiger partial charge is 0.222 e. The third kappa shape index (κ3) is 3.15. The van der Waals surface area contributed by atoms with E-state index in [9.17, 15) is 13.2 Å². The molecule has 2 rings (SSSR count). The fraction of sp³-hybridized carbons (Fsp3) is 0.500. The Bertz CT molecular complexity index is 539. The van der Waals surface area contributed by atoms with Gasteiger partial charge < -0.3 is 4.90 Å². The fourth-order valence-electron chi connectivity index (χ4n) is 2.46. The van der Waals surface area contributed by atoms with E-state index in [1.807, 2.05) is 30.3 Å². The van der Waals surface area contributed by atoms with Crippen molar-refractivity contribution < 1.29 is 13.2 Å². The number of hydrogen-bond acceptors (Lipinski definition) is 3. The van der Waals surface area contributed by atoms with Gasteiger partial charge in [0, 0.05) is 19.5 Å². The number of amides is 1. The molecule has 1 aliphatic heterocycles. The van der Waals surface area contributed by atoms with Crippen LogP contribution in [0.1, 0.15) is 30.6 Å². The van der Waals surface area contributed by atoms with Crippen molar-refractivity contribution >= 4 is 15.7 Å². The maximum Gasteiger partial charge on any atom is 0.222 e. The van der Waals surface area contributed by atoms with Gasteiger partial charge in [0.05, 0.1) is 11.0 Å². The van der Waals surface area contributed by atoms with Gasteiger partial charge in [-0.05, 0) is 12.0 Å². The van der Waals surface area contributed by atoms with E-state index < -0.39 is 15.1 Å². The monoisotopic (exact) mass is 281 g/mol. The highest BCUT2D eigenvalue weighted by molar-refractivity contribution is 7.91. The predicted octanol–water partition coefficient (Wildman–Crippen LogP) is 1.78. The van der Waals surface area contributed by atoms with Gasteiger partial charge >= 0.3 is 0 Å². The fourth-order valence-corrected chi connectivity index (χ4v) is 4.25. The molecular formula is C14H19NO3S. The molecule has 0 spiro atoms. The van der Waals surface area contributed by atoms with E-state index in [0.717, 1.165) is 5.56 Å². The van der Waals surface area contributed by atoms with Crippen LogP contribution in [-0.4, -0.2) is 38.1 Å². The lowest BCUT2D eigenvalue weighted by Crippen LogP contribution is -2.32. The van der Waals surface area contributed by atoms with Crippen LogP contribution in [0.15, 0.2) is 30.3 Å². The van der Waals surface area contributed by atoms with E-state index in [1.165, 1.54) is 0 Å². The summed E-state index contributed by atoms with van der Waals surface area (Å²) in [5.74, 6) is 0.0853. The van der Waals surface area contributed by atoms with Crippen molar-refractivity contribution in [2.24, 2.45) is 0 Å². The highest BCUT2D eigenvalue weighted by atomic mass is 32.2. The highest BCUT2D eigenvalue weighted by Gasteiger charge is 2.31. The second kappa shape index (κ2) is 5.74. The van der Waals surface area contributed by atoms with E-state index >= 15 is 0 Å². The lowest BCUT2D eigenvalue weighted by molar-refractivity contribution is -0.130. The van der Waals surface area contributed by atoms with Gasteiger partial charge in [0.1, 0.15) is 0 Å². The molecule has 1 saturated heterocycles. The topological polar surface area (TPSA) is 54.5 Å². The van der Waals surface area contributed by atoms with Crippen molar-refractivity contribution in [1.82, 2.24) is 4.90 Å². The summed E-state index contributed by atoms with van der Waals surface area (Å²) >= 11 is 0. The van der Waals surface area contributed by atoms with Crippen LogP contribution in [0.4, 0.5) is 0 Å². The lowest BCUT2D eigenvalue weighted by atomic mass is 10.1. The zero-order valence-electron chi connectivity index (χ0n) is 11.1. The minimum absolute atomic E-state index is 0.0314. The Balaban J connectivity index is 2.24. The molecule has 104 valence electrons. The van der Waals surface area contributed by atoms with Gasteiger partial charge in [-0.2, -0.15) is 0 Å². The predicted molar refractivity (Wildman–Crippen MR) is 74.5 cm³/mol. The SMILES string of the molecule is CCC(=O)N1CCC(c2ccccc2)S(=O)(=O)CC1. The summed E-state index contributed by atoms with van der Waals surface area (Å²) in [7, 11) is -3.18. The van der Waals surface area contributed by atoms with Crippen LogP contribution in [0.3, 0.4) is 0 Å². The molecule has 1 atom stereocenters. The largest absolute Gasteiger partial charge is 0.342 e. The van der Waals surface area contributed by atoms with E-state index in [2.05, 4.69) is 0 Å². The van der Waals surface area contributed by atoms with Crippen LogP contribution in [0.2, 0.25) is 0 Å². The van der Waals surface area contributed by atoms with Crippen LogP contribution in [0.5, 0.6) is 0 Å². The molecular weight excluding hydrogens is 262 g/mol. The first kappa shape index (κ1) is 14.1. The number of carbonyl (C=O) groups is 1. The molecule has 1 fully saturated rings. The van der Waals surface area contributed by atoms with E-state index in [0.29, 0.717) is 25.9 Å². The molecule has 1 aromatic rings. The minimum atomic E-state index is -3.18. The van der Waals surface area contributed by atoms with E-state index in [1.54, 1.807) is 11.8 Å². The van der Waals surface area contributed by atoms with Crippen molar-refractivity contribution in [3.8, 4) is 0 Å². The Morgan fingerprint density at radius 3 is 2.58 bits per heavy atom. The number of nitrogens with zero attached hydrogens (tertiary/aromatic N) is 1. The van der Waals surface area contributed by atoms with Crippen LogP contribution in [-0.2, 0) is 14.6 Å². The first-order chi connectivity index (χ1) is 9.04. The standard InChI is InChI=1S/C14H19NO3S/c1-2-14(16)15-9-8-13(19(17,18)11-10-15)12-6-4-3-5-7-12/h3-7,13H,2,8-11H2,1H3. The average molecular weight is 281 g/mol. The van der Waals surface area contributed by atoms with E-state index in [4.69, 9.17) is 0 Å². The first-order valence-electron chi connectivity index (χ1n) is 6.59. The molecule has 19 heavy (non-hydrogen) atoms. The molecule has 1 heterocycles. The minimum Gasteiger partial charge on any atom is -0.342 e. The van der Waals surface area contributed by atoms with Gasteiger partial charge in [-0.15, -0.1) is 0 Å². The number of benzene rings is 1. The average Bonchev–Trinajstić information content (AvgIpc) is 2.57. The summed E-state index contributed by atoms with van der Waals surface area (Å²) in [6.45, 7) is 2.64. The van der Waals surface area contributed by atoms with Crippen LogP contribution >= 0.6 is 0 Å². The third-order valence-corrected chi connectivity index (χ3v) is 5.69. The molecule has 0 radical (unpaired) electrons. The second-order valence-corrected chi connectivity index (χ2v) is 7.09. The number of rotatable bonds is 2. The molecule has 1 unspecified atom stereocenters. The van der Waals surface area contributed by atoms with Crippen LogP contribution in [0, 0.1) is 0 Å². The molecule has 0 bridgehead atoms. The van der Waals surface area contributed by atoms with Crippen LogP contribution in [0.25, 0.3) is 0 Å². The maximum absolute atomic E-state index is 12.3. The molecule has 5 heteroatoms. The van der Waals surface area contributed by atoms with Gasteiger partial charge in [-0.25, -0.2) is 8.42 Å².